The molecule has 0 radical (unpaired) electrons. The number of hydrogen-bond donors (Lipinski definition) is 0. The lowest BCUT2D eigenvalue weighted by molar-refractivity contribution is 0.266. The van der Waals surface area contributed by atoms with Crippen LogP contribution in [0.1, 0.15) is 36.2 Å². The van der Waals surface area contributed by atoms with E-state index in [1.807, 2.05) is 6.20 Å². The summed E-state index contributed by atoms with van der Waals surface area (Å²) in [7, 11) is 0. The molecule has 0 bridgehead atoms. The Bertz CT molecular complexity index is 730. The van der Waals surface area contributed by atoms with Gasteiger partial charge in [-0.2, -0.15) is 0 Å². The zero-order valence-corrected chi connectivity index (χ0v) is 17.1. The van der Waals surface area contributed by atoms with E-state index < -0.39 is 0 Å². The molecule has 0 atom stereocenters. The van der Waals surface area contributed by atoms with Gasteiger partial charge >= 0.3 is 0 Å². The summed E-state index contributed by atoms with van der Waals surface area (Å²) < 4.78 is 0. The predicted octanol–water partition coefficient (Wildman–Crippen LogP) is 5.13. The Hall–Kier alpha value is -2.49. The van der Waals surface area contributed by atoms with Crippen LogP contribution in [0.4, 0.5) is 0 Å². The van der Waals surface area contributed by atoms with Crippen molar-refractivity contribution in [2.45, 2.75) is 40.0 Å². The van der Waals surface area contributed by atoms with Gasteiger partial charge in [-0.15, -0.1) is 0 Å². The average molecular weight is 374 g/mol. The molecule has 0 unspecified atom stereocenters. The standard InChI is InChI=1S/C25H31N3/c1-3-27(18-22-11-7-5-8-12-22)20-24-15-16-25(26-17-24)21-28(4-2)19-23-13-9-6-10-14-23/h5-17H,3-4,18-21H2,1-2H3. The van der Waals surface area contributed by atoms with E-state index >= 15 is 0 Å². The smallest absolute Gasteiger partial charge is 0.0544 e. The molecule has 1 heterocycles. The number of nitrogens with zero attached hydrogens (tertiary/aromatic N) is 3. The van der Waals surface area contributed by atoms with Gasteiger partial charge in [-0.1, -0.05) is 80.6 Å². The summed E-state index contributed by atoms with van der Waals surface area (Å²) >= 11 is 0. The molecule has 0 saturated carbocycles. The molecule has 3 nitrogen and oxygen atoms in total. The highest BCUT2D eigenvalue weighted by Crippen LogP contribution is 2.12. The van der Waals surface area contributed by atoms with E-state index in [2.05, 4.69) is 96.4 Å². The van der Waals surface area contributed by atoms with E-state index in [-0.39, 0.29) is 0 Å². The lowest BCUT2D eigenvalue weighted by Crippen LogP contribution is -2.23. The molecule has 0 aliphatic rings. The van der Waals surface area contributed by atoms with E-state index in [4.69, 9.17) is 4.98 Å². The van der Waals surface area contributed by atoms with E-state index in [9.17, 15) is 0 Å². The fraction of sp³-hybridized carbons (Fsp3) is 0.320. The molecule has 146 valence electrons. The first-order chi connectivity index (χ1) is 13.8. The normalized spacial score (nSPS) is 11.3. The van der Waals surface area contributed by atoms with Crippen LogP contribution in [0.25, 0.3) is 0 Å². The predicted molar refractivity (Wildman–Crippen MR) is 117 cm³/mol. The third-order valence-electron chi connectivity index (χ3n) is 5.07. The van der Waals surface area contributed by atoms with E-state index in [0.29, 0.717) is 0 Å². The zero-order chi connectivity index (χ0) is 19.6. The number of rotatable bonds is 10. The highest BCUT2D eigenvalue weighted by Gasteiger charge is 2.08. The van der Waals surface area contributed by atoms with Crippen molar-refractivity contribution in [1.29, 1.82) is 0 Å². The molecule has 0 aliphatic carbocycles. The maximum atomic E-state index is 4.73. The quantitative estimate of drug-likeness (QED) is 0.491. The highest BCUT2D eigenvalue weighted by molar-refractivity contribution is 5.18. The van der Waals surface area contributed by atoms with E-state index in [0.717, 1.165) is 45.0 Å². The van der Waals surface area contributed by atoms with Crippen LogP contribution in [-0.2, 0) is 26.2 Å². The van der Waals surface area contributed by atoms with Crippen LogP contribution in [0, 0.1) is 0 Å². The second-order valence-corrected chi connectivity index (χ2v) is 7.24. The van der Waals surface area contributed by atoms with Gasteiger partial charge in [0.2, 0.25) is 0 Å². The monoisotopic (exact) mass is 373 g/mol. The van der Waals surface area contributed by atoms with Gasteiger partial charge in [0.1, 0.15) is 0 Å². The third kappa shape index (κ3) is 6.29. The van der Waals surface area contributed by atoms with Crippen molar-refractivity contribution in [2.75, 3.05) is 13.1 Å². The van der Waals surface area contributed by atoms with Crippen molar-refractivity contribution in [3.63, 3.8) is 0 Å². The van der Waals surface area contributed by atoms with Crippen molar-refractivity contribution in [1.82, 2.24) is 14.8 Å². The minimum Gasteiger partial charge on any atom is -0.295 e. The van der Waals surface area contributed by atoms with Gasteiger partial charge in [0.25, 0.3) is 0 Å². The molecule has 28 heavy (non-hydrogen) atoms. The molecule has 0 saturated heterocycles. The van der Waals surface area contributed by atoms with Crippen LogP contribution in [0.3, 0.4) is 0 Å². The topological polar surface area (TPSA) is 19.4 Å². The summed E-state index contributed by atoms with van der Waals surface area (Å²) in [4.78, 5) is 9.60. The van der Waals surface area contributed by atoms with Crippen molar-refractivity contribution in [3.05, 3.63) is 101 Å². The zero-order valence-electron chi connectivity index (χ0n) is 17.1. The molecular formula is C25H31N3. The molecule has 3 aromatic rings. The van der Waals surface area contributed by atoms with E-state index in [1.165, 1.54) is 16.7 Å². The van der Waals surface area contributed by atoms with Crippen molar-refractivity contribution < 1.29 is 0 Å². The number of aromatic nitrogens is 1. The largest absolute Gasteiger partial charge is 0.295 e. The summed E-state index contributed by atoms with van der Waals surface area (Å²) in [6.07, 6.45) is 2.04. The van der Waals surface area contributed by atoms with Crippen molar-refractivity contribution >= 4 is 0 Å². The van der Waals surface area contributed by atoms with Crippen LogP contribution < -0.4 is 0 Å². The van der Waals surface area contributed by atoms with E-state index in [1.54, 1.807) is 0 Å². The summed E-state index contributed by atoms with van der Waals surface area (Å²) in [5.74, 6) is 0. The SMILES string of the molecule is CCN(Cc1ccccc1)Cc1ccc(CN(CC)Cc2ccccc2)nc1. The fourth-order valence-electron chi connectivity index (χ4n) is 3.37. The Morgan fingerprint density at radius 3 is 1.54 bits per heavy atom. The molecule has 3 rings (SSSR count). The Labute approximate surface area is 169 Å². The summed E-state index contributed by atoms with van der Waals surface area (Å²) in [5, 5.41) is 0. The molecule has 0 spiro atoms. The second-order valence-electron chi connectivity index (χ2n) is 7.24. The van der Waals surface area contributed by atoms with Gasteiger partial charge in [-0.3, -0.25) is 14.8 Å². The van der Waals surface area contributed by atoms with Gasteiger partial charge in [0.05, 0.1) is 5.69 Å². The third-order valence-corrected chi connectivity index (χ3v) is 5.07. The minimum absolute atomic E-state index is 0.882. The first-order valence-corrected chi connectivity index (χ1v) is 10.2. The Morgan fingerprint density at radius 2 is 1.07 bits per heavy atom. The van der Waals surface area contributed by atoms with Crippen molar-refractivity contribution in [3.8, 4) is 0 Å². The average Bonchev–Trinajstić information content (AvgIpc) is 2.75. The van der Waals surface area contributed by atoms with Gasteiger partial charge in [0.15, 0.2) is 0 Å². The van der Waals surface area contributed by atoms with Gasteiger partial charge in [-0.05, 0) is 35.8 Å². The molecule has 1 aromatic heterocycles. The van der Waals surface area contributed by atoms with Crippen LogP contribution in [0.15, 0.2) is 79.0 Å². The maximum absolute atomic E-state index is 4.73. The van der Waals surface area contributed by atoms with Crippen molar-refractivity contribution in [2.24, 2.45) is 0 Å². The fourth-order valence-corrected chi connectivity index (χ4v) is 3.37. The van der Waals surface area contributed by atoms with Crippen LogP contribution in [0.2, 0.25) is 0 Å². The summed E-state index contributed by atoms with van der Waals surface area (Å²) in [6, 6.07) is 25.7. The molecule has 0 aliphatic heterocycles. The Kier molecular flexibility index (Phi) is 7.77. The van der Waals surface area contributed by atoms with Crippen LogP contribution >= 0.6 is 0 Å². The number of pyridine rings is 1. The summed E-state index contributed by atoms with van der Waals surface area (Å²) in [5.41, 5.74) is 5.11. The number of hydrogen-bond acceptors (Lipinski definition) is 3. The molecule has 0 amide bonds. The van der Waals surface area contributed by atoms with Gasteiger partial charge < -0.3 is 0 Å². The lowest BCUT2D eigenvalue weighted by atomic mass is 10.2. The van der Waals surface area contributed by atoms with Crippen LogP contribution in [-0.4, -0.2) is 27.9 Å². The lowest BCUT2D eigenvalue weighted by Gasteiger charge is -2.22. The number of benzene rings is 2. The molecule has 3 heteroatoms. The Balaban J connectivity index is 1.56. The minimum atomic E-state index is 0.882. The molecule has 0 N–H and O–H groups in total. The summed E-state index contributed by atoms with van der Waals surface area (Å²) in [6.45, 7) is 10.2. The van der Waals surface area contributed by atoms with Gasteiger partial charge in [0, 0.05) is 32.4 Å². The Morgan fingerprint density at radius 1 is 0.571 bits per heavy atom. The highest BCUT2D eigenvalue weighted by atomic mass is 15.1. The first-order valence-electron chi connectivity index (χ1n) is 10.2. The van der Waals surface area contributed by atoms with Crippen LogP contribution in [0.5, 0.6) is 0 Å². The molecule has 0 fully saturated rings. The first kappa shape index (κ1) is 20.2. The second kappa shape index (κ2) is 10.7. The molecule has 2 aromatic carbocycles. The molecular weight excluding hydrogens is 342 g/mol. The maximum Gasteiger partial charge on any atom is 0.0544 e. The van der Waals surface area contributed by atoms with Gasteiger partial charge in [-0.25, -0.2) is 0 Å².